The van der Waals surface area contributed by atoms with Crippen LogP contribution in [0, 0.1) is 0 Å². The Hall–Kier alpha value is -0.180. The van der Waals surface area contributed by atoms with Crippen molar-refractivity contribution in [2.24, 2.45) is 0 Å². The molecule has 0 radical (unpaired) electrons. The molecule has 2 unspecified atom stereocenters. The quantitative estimate of drug-likeness (QED) is 0.301. The molecule has 0 aromatic rings. The van der Waals surface area contributed by atoms with Crippen LogP contribution in [0.25, 0.3) is 0 Å². The molecule has 0 aliphatic carbocycles. The van der Waals surface area contributed by atoms with Crippen LogP contribution in [0.3, 0.4) is 0 Å². The molecule has 0 spiro atoms. The summed E-state index contributed by atoms with van der Waals surface area (Å²) < 4.78 is 0. The summed E-state index contributed by atoms with van der Waals surface area (Å²) in [6.45, 7) is 0. The van der Waals surface area contributed by atoms with Gasteiger partial charge < -0.3 is 25.5 Å². The number of rotatable bonds is 4. The van der Waals surface area contributed by atoms with Crippen molar-refractivity contribution < 1.29 is 35.1 Å². The number of carbonyl (C=O) groups is 2. The Morgan fingerprint density at radius 3 is 1.23 bits per heavy atom. The van der Waals surface area contributed by atoms with Gasteiger partial charge in [-0.3, -0.25) is 0 Å². The fourth-order valence-corrected chi connectivity index (χ4v) is 0.465. The van der Waals surface area contributed by atoms with Gasteiger partial charge in [0.1, 0.15) is 6.10 Å². The standard InChI is InChI=1S/C5H8O7.Na.H/c6-1(2(7)4(9)10)3(8)5(11)12;;/h1-3,6-8H,(H,9,10)(H,11,12);;. The average Bonchev–Trinajstić information content (AvgIpc) is 2.00. The van der Waals surface area contributed by atoms with Crippen molar-refractivity contribution in [2.45, 2.75) is 18.3 Å². The van der Waals surface area contributed by atoms with E-state index in [1.807, 2.05) is 0 Å². The molecule has 0 aliphatic rings. The Labute approximate surface area is 94.9 Å². The summed E-state index contributed by atoms with van der Waals surface area (Å²) in [7, 11) is 0. The second-order valence-electron chi connectivity index (χ2n) is 2.06. The Bertz CT molecular complexity index is 173. The number of aliphatic hydroxyl groups is 3. The van der Waals surface area contributed by atoms with Gasteiger partial charge in [0, 0.05) is 0 Å². The van der Waals surface area contributed by atoms with Gasteiger partial charge in [-0.15, -0.1) is 0 Å². The van der Waals surface area contributed by atoms with Crippen LogP contribution in [0.2, 0.25) is 0 Å². The zero-order valence-corrected chi connectivity index (χ0v) is 5.78. The molecule has 0 fully saturated rings. The molecular formula is C5H9NaO7. The predicted molar refractivity (Wildman–Crippen MR) is 40.4 cm³/mol. The third-order valence-corrected chi connectivity index (χ3v) is 1.15. The molecule has 7 nitrogen and oxygen atoms in total. The molecule has 8 heteroatoms. The number of hydrogen-bond acceptors (Lipinski definition) is 5. The van der Waals surface area contributed by atoms with Gasteiger partial charge in [-0.05, 0) is 0 Å². The molecule has 0 saturated carbocycles. The van der Waals surface area contributed by atoms with Crippen LogP contribution >= 0.6 is 0 Å². The van der Waals surface area contributed by atoms with Gasteiger partial charge in [0.2, 0.25) is 0 Å². The topological polar surface area (TPSA) is 135 Å². The van der Waals surface area contributed by atoms with Crippen molar-refractivity contribution in [1.29, 1.82) is 0 Å². The molecule has 0 bridgehead atoms. The van der Waals surface area contributed by atoms with Crippen LogP contribution in [-0.2, 0) is 9.59 Å². The van der Waals surface area contributed by atoms with E-state index in [4.69, 9.17) is 25.5 Å². The van der Waals surface area contributed by atoms with Gasteiger partial charge in [0.15, 0.2) is 12.2 Å². The number of aliphatic hydroxyl groups excluding tert-OH is 3. The molecule has 72 valence electrons. The van der Waals surface area contributed by atoms with E-state index >= 15 is 0 Å². The van der Waals surface area contributed by atoms with Crippen molar-refractivity contribution in [3.8, 4) is 0 Å². The van der Waals surface area contributed by atoms with E-state index in [0.29, 0.717) is 0 Å². The fourth-order valence-electron chi connectivity index (χ4n) is 0.465. The summed E-state index contributed by atoms with van der Waals surface area (Å²) in [5.41, 5.74) is 0. The van der Waals surface area contributed by atoms with Crippen LogP contribution in [0.1, 0.15) is 0 Å². The second-order valence-corrected chi connectivity index (χ2v) is 2.06. The third-order valence-electron chi connectivity index (χ3n) is 1.15. The third kappa shape index (κ3) is 4.55. The zero-order valence-electron chi connectivity index (χ0n) is 5.78. The number of carboxylic acids is 2. The van der Waals surface area contributed by atoms with Crippen LogP contribution in [0.5, 0.6) is 0 Å². The minimum atomic E-state index is -2.31. The Morgan fingerprint density at radius 2 is 1.08 bits per heavy atom. The first-order valence-corrected chi connectivity index (χ1v) is 2.87. The summed E-state index contributed by atoms with van der Waals surface area (Å²) in [6.07, 6.45) is -6.85. The molecule has 5 N–H and O–H groups in total. The normalized spacial score (nSPS) is 16.5. The molecule has 0 heterocycles. The molecule has 2 atom stereocenters. The number of hydrogen-bond donors (Lipinski definition) is 5. The average molecular weight is 204 g/mol. The van der Waals surface area contributed by atoms with Gasteiger partial charge in [-0.25, -0.2) is 9.59 Å². The first kappa shape index (κ1) is 15.3. The van der Waals surface area contributed by atoms with Gasteiger partial charge in [-0.2, -0.15) is 0 Å². The summed E-state index contributed by atoms with van der Waals surface area (Å²) in [6, 6.07) is 0. The van der Waals surface area contributed by atoms with Crippen LogP contribution < -0.4 is 0 Å². The van der Waals surface area contributed by atoms with Crippen molar-refractivity contribution in [2.75, 3.05) is 0 Å². The van der Waals surface area contributed by atoms with Crippen molar-refractivity contribution in [3.05, 3.63) is 0 Å². The Kier molecular flexibility index (Phi) is 7.41. The van der Waals surface area contributed by atoms with E-state index in [1.54, 1.807) is 0 Å². The van der Waals surface area contributed by atoms with Crippen LogP contribution in [-0.4, -0.2) is 85.3 Å². The molecule has 0 aromatic heterocycles. The first-order chi connectivity index (χ1) is 5.37. The monoisotopic (exact) mass is 204 g/mol. The zero-order chi connectivity index (χ0) is 9.89. The SMILES string of the molecule is O=C(O)C(O)C(O)C(O)C(=O)O.[NaH]. The molecule has 0 saturated heterocycles. The minimum absolute atomic E-state index is 0. The predicted octanol–water partition coefficient (Wildman–Crippen LogP) is -3.41. The van der Waals surface area contributed by atoms with E-state index in [-0.39, 0.29) is 29.6 Å². The number of aliphatic carboxylic acids is 2. The van der Waals surface area contributed by atoms with Crippen molar-refractivity contribution in [1.82, 2.24) is 0 Å². The number of carboxylic acid groups (broad SMARTS) is 2. The van der Waals surface area contributed by atoms with Gasteiger partial charge >= 0.3 is 41.5 Å². The molecule has 0 aliphatic heterocycles. The maximum atomic E-state index is 9.95. The molecule has 0 aromatic carbocycles. The van der Waals surface area contributed by atoms with E-state index in [0.717, 1.165) is 0 Å². The maximum absolute atomic E-state index is 9.95. The molecule has 0 amide bonds. The summed E-state index contributed by atoms with van der Waals surface area (Å²) >= 11 is 0. The van der Waals surface area contributed by atoms with Gasteiger partial charge in [0.25, 0.3) is 0 Å². The van der Waals surface area contributed by atoms with Crippen LogP contribution in [0.15, 0.2) is 0 Å². The summed E-state index contributed by atoms with van der Waals surface area (Å²) in [5, 5.41) is 41.9. The van der Waals surface area contributed by atoms with E-state index in [1.165, 1.54) is 0 Å². The second kappa shape index (κ2) is 6.30. The first-order valence-electron chi connectivity index (χ1n) is 2.87. The van der Waals surface area contributed by atoms with Crippen LogP contribution in [0.4, 0.5) is 0 Å². The summed E-state index contributed by atoms with van der Waals surface area (Å²) in [4.78, 5) is 19.9. The summed E-state index contributed by atoms with van der Waals surface area (Å²) in [5.74, 6) is -3.61. The Morgan fingerprint density at radius 1 is 0.846 bits per heavy atom. The van der Waals surface area contributed by atoms with Gasteiger partial charge in [-0.1, -0.05) is 0 Å². The molecule has 13 heavy (non-hydrogen) atoms. The fraction of sp³-hybridized carbons (Fsp3) is 0.600. The van der Waals surface area contributed by atoms with E-state index in [9.17, 15) is 9.59 Å². The molecular weight excluding hydrogens is 195 g/mol. The van der Waals surface area contributed by atoms with Gasteiger partial charge in [0.05, 0.1) is 0 Å². The van der Waals surface area contributed by atoms with Crippen molar-refractivity contribution in [3.63, 3.8) is 0 Å². The molecule has 0 rings (SSSR count). The Balaban J connectivity index is 0. The van der Waals surface area contributed by atoms with E-state index in [2.05, 4.69) is 0 Å². The van der Waals surface area contributed by atoms with Crippen molar-refractivity contribution >= 4 is 41.5 Å². The van der Waals surface area contributed by atoms with E-state index < -0.39 is 30.3 Å².